The molecule has 0 unspecified atom stereocenters. The van der Waals surface area contributed by atoms with Gasteiger partial charge >= 0.3 is 5.97 Å². The number of esters is 1. The van der Waals surface area contributed by atoms with Crippen molar-refractivity contribution >= 4 is 39.7 Å². The highest BCUT2D eigenvalue weighted by Gasteiger charge is 2.26. The van der Waals surface area contributed by atoms with Crippen LogP contribution in [0.5, 0.6) is 11.5 Å². The number of pyridine rings is 1. The molecule has 0 saturated carbocycles. The van der Waals surface area contributed by atoms with Crippen LogP contribution in [0.2, 0.25) is 0 Å². The number of hydrogen-bond acceptors (Lipinski definition) is 6. The van der Waals surface area contributed by atoms with Gasteiger partial charge < -0.3 is 20.1 Å². The number of ether oxygens (including phenoxy) is 2. The van der Waals surface area contributed by atoms with Crippen molar-refractivity contribution in [3.63, 3.8) is 0 Å². The summed E-state index contributed by atoms with van der Waals surface area (Å²) in [7, 11) is 1.34. The Bertz CT molecular complexity index is 1390. The Labute approximate surface area is 189 Å². The van der Waals surface area contributed by atoms with Crippen molar-refractivity contribution in [3.8, 4) is 11.5 Å². The maximum atomic E-state index is 12.6. The molecule has 0 fully saturated rings. The number of nitrogens with one attached hydrogen (secondary N) is 2. The first-order chi connectivity index (χ1) is 16.1. The summed E-state index contributed by atoms with van der Waals surface area (Å²) in [6.07, 6.45) is 3.44. The molecule has 0 aliphatic carbocycles. The lowest BCUT2D eigenvalue weighted by molar-refractivity contribution is -0.110. The van der Waals surface area contributed by atoms with Crippen molar-refractivity contribution in [1.82, 2.24) is 4.98 Å². The average molecular weight is 437 g/mol. The van der Waals surface area contributed by atoms with Crippen LogP contribution in [-0.4, -0.2) is 24.0 Å². The monoisotopic (exact) mass is 437 g/mol. The molecule has 1 aliphatic rings. The number of fused-ring (bicyclic) bond motifs is 3. The molecule has 7 heteroatoms. The van der Waals surface area contributed by atoms with E-state index in [2.05, 4.69) is 15.6 Å². The minimum absolute atomic E-state index is 0.163. The standard InChI is InChI=1S/C26H19N3O4/c1-32-26(31)16-4-8-18(9-5-16)33-19-10-6-17(7-11-19)28-15-21-24-20-3-2-14-27-22(20)12-13-23(24)29-25(21)30/h2-15,28H,1H3,(H,29,30). The van der Waals surface area contributed by atoms with Crippen LogP contribution in [0.1, 0.15) is 15.9 Å². The predicted molar refractivity (Wildman–Crippen MR) is 126 cm³/mol. The molecule has 4 aromatic rings. The molecule has 5 rings (SSSR count). The lowest BCUT2D eigenvalue weighted by Gasteiger charge is -2.08. The summed E-state index contributed by atoms with van der Waals surface area (Å²) >= 11 is 0. The Morgan fingerprint density at radius 2 is 1.70 bits per heavy atom. The zero-order valence-electron chi connectivity index (χ0n) is 17.7. The van der Waals surface area contributed by atoms with Crippen LogP contribution in [0, 0.1) is 0 Å². The average Bonchev–Trinajstić information content (AvgIpc) is 3.19. The van der Waals surface area contributed by atoms with E-state index in [1.807, 2.05) is 48.5 Å². The topological polar surface area (TPSA) is 89.5 Å². The number of nitrogens with zero attached hydrogens (tertiary/aromatic N) is 1. The van der Waals surface area contributed by atoms with Crippen molar-refractivity contribution in [1.29, 1.82) is 0 Å². The third-order valence-electron chi connectivity index (χ3n) is 5.30. The SMILES string of the molecule is COC(=O)c1ccc(Oc2ccc(NC=C3C(=O)Nc4ccc5ncccc5c43)cc2)cc1. The number of anilines is 2. The number of rotatable bonds is 5. The quantitative estimate of drug-likeness (QED) is 0.329. The molecule has 3 aromatic carbocycles. The molecule has 0 spiro atoms. The summed E-state index contributed by atoms with van der Waals surface area (Å²) in [5.74, 6) is 0.684. The maximum Gasteiger partial charge on any atom is 0.337 e. The van der Waals surface area contributed by atoms with E-state index >= 15 is 0 Å². The van der Waals surface area contributed by atoms with Crippen molar-refractivity contribution in [3.05, 3.63) is 96.3 Å². The van der Waals surface area contributed by atoms with E-state index in [1.165, 1.54) is 7.11 Å². The van der Waals surface area contributed by atoms with Gasteiger partial charge in [-0.05, 0) is 66.7 Å². The smallest absolute Gasteiger partial charge is 0.337 e. The van der Waals surface area contributed by atoms with Crippen LogP contribution >= 0.6 is 0 Å². The maximum absolute atomic E-state index is 12.6. The molecule has 1 aliphatic heterocycles. The van der Waals surface area contributed by atoms with Gasteiger partial charge in [0, 0.05) is 34.7 Å². The molecule has 2 heterocycles. The number of amides is 1. The van der Waals surface area contributed by atoms with Gasteiger partial charge in [0.25, 0.3) is 5.91 Å². The molecule has 0 bridgehead atoms. The zero-order valence-corrected chi connectivity index (χ0v) is 17.7. The van der Waals surface area contributed by atoms with Crippen LogP contribution in [0.4, 0.5) is 11.4 Å². The minimum Gasteiger partial charge on any atom is -0.465 e. The van der Waals surface area contributed by atoms with Gasteiger partial charge in [-0.3, -0.25) is 9.78 Å². The summed E-state index contributed by atoms with van der Waals surface area (Å²) in [6, 6.07) is 21.6. The fraction of sp³-hybridized carbons (Fsp3) is 0.0385. The third kappa shape index (κ3) is 3.99. The van der Waals surface area contributed by atoms with E-state index < -0.39 is 5.97 Å². The highest BCUT2D eigenvalue weighted by Crippen LogP contribution is 2.37. The second-order valence-electron chi connectivity index (χ2n) is 7.36. The van der Waals surface area contributed by atoms with Crippen molar-refractivity contribution in [2.24, 2.45) is 0 Å². The second kappa shape index (κ2) is 8.47. The molecular weight excluding hydrogens is 418 g/mol. The number of hydrogen-bond donors (Lipinski definition) is 2. The van der Waals surface area contributed by atoms with Gasteiger partial charge in [0.15, 0.2) is 0 Å². The third-order valence-corrected chi connectivity index (χ3v) is 5.30. The molecule has 162 valence electrons. The van der Waals surface area contributed by atoms with Gasteiger partial charge in [-0.15, -0.1) is 0 Å². The summed E-state index contributed by atoms with van der Waals surface area (Å²) in [5.41, 5.74) is 4.26. The highest BCUT2D eigenvalue weighted by molar-refractivity contribution is 6.34. The van der Waals surface area contributed by atoms with Gasteiger partial charge in [-0.1, -0.05) is 6.07 Å². The molecule has 1 amide bonds. The number of methoxy groups -OCH3 is 1. The molecule has 0 saturated heterocycles. The fourth-order valence-corrected chi connectivity index (χ4v) is 3.68. The van der Waals surface area contributed by atoms with E-state index in [-0.39, 0.29) is 5.91 Å². The Hall–Kier alpha value is -4.65. The molecule has 1 aromatic heterocycles. The Morgan fingerprint density at radius 1 is 0.970 bits per heavy atom. The van der Waals surface area contributed by atoms with Crippen LogP contribution in [0.15, 0.2) is 85.2 Å². The highest BCUT2D eigenvalue weighted by atomic mass is 16.5. The predicted octanol–water partition coefficient (Wildman–Crippen LogP) is 5.22. The largest absolute Gasteiger partial charge is 0.465 e. The number of carbonyl (C=O) groups is 2. The van der Waals surface area contributed by atoms with E-state index in [0.29, 0.717) is 22.6 Å². The summed E-state index contributed by atoms with van der Waals surface area (Å²) in [6.45, 7) is 0. The van der Waals surface area contributed by atoms with Crippen LogP contribution in [-0.2, 0) is 9.53 Å². The Morgan fingerprint density at radius 3 is 2.42 bits per heavy atom. The van der Waals surface area contributed by atoms with Gasteiger partial charge in [0.2, 0.25) is 0 Å². The number of carbonyl (C=O) groups excluding carboxylic acids is 2. The van der Waals surface area contributed by atoms with Crippen LogP contribution in [0.3, 0.4) is 0 Å². The van der Waals surface area contributed by atoms with E-state index in [9.17, 15) is 9.59 Å². The molecule has 7 nitrogen and oxygen atoms in total. The fourth-order valence-electron chi connectivity index (χ4n) is 3.68. The van der Waals surface area contributed by atoms with Gasteiger partial charge in [-0.2, -0.15) is 0 Å². The van der Waals surface area contributed by atoms with Gasteiger partial charge in [0.05, 0.1) is 23.8 Å². The van der Waals surface area contributed by atoms with Gasteiger partial charge in [-0.25, -0.2) is 4.79 Å². The second-order valence-corrected chi connectivity index (χ2v) is 7.36. The molecular formula is C26H19N3O4. The van der Waals surface area contributed by atoms with Crippen molar-refractivity contribution in [2.45, 2.75) is 0 Å². The first-order valence-corrected chi connectivity index (χ1v) is 10.2. The Balaban J connectivity index is 1.32. The Kier molecular flexibility index (Phi) is 5.20. The molecule has 0 atom stereocenters. The van der Waals surface area contributed by atoms with E-state index in [4.69, 9.17) is 9.47 Å². The number of benzene rings is 3. The first-order valence-electron chi connectivity index (χ1n) is 10.2. The lowest BCUT2D eigenvalue weighted by Crippen LogP contribution is -2.05. The summed E-state index contributed by atoms with van der Waals surface area (Å²) in [4.78, 5) is 28.5. The van der Waals surface area contributed by atoms with Crippen molar-refractivity contribution < 1.29 is 19.1 Å². The molecule has 33 heavy (non-hydrogen) atoms. The lowest BCUT2D eigenvalue weighted by atomic mass is 10.0. The van der Waals surface area contributed by atoms with Gasteiger partial charge in [0.1, 0.15) is 11.5 Å². The van der Waals surface area contributed by atoms with Crippen LogP contribution in [0.25, 0.3) is 16.5 Å². The van der Waals surface area contributed by atoms with E-state index in [1.54, 1.807) is 36.7 Å². The minimum atomic E-state index is -0.395. The summed E-state index contributed by atoms with van der Waals surface area (Å²) < 4.78 is 10.5. The first kappa shape index (κ1) is 20.3. The van der Waals surface area contributed by atoms with Crippen molar-refractivity contribution in [2.75, 3.05) is 17.7 Å². The number of aromatic nitrogens is 1. The zero-order chi connectivity index (χ0) is 22.8. The van der Waals surface area contributed by atoms with E-state index in [0.717, 1.165) is 27.8 Å². The van der Waals surface area contributed by atoms with Crippen LogP contribution < -0.4 is 15.4 Å². The molecule has 2 N–H and O–H groups in total. The molecule has 0 radical (unpaired) electrons. The normalized spacial score (nSPS) is 13.5. The summed E-state index contributed by atoms with van der Waals surface area (Å²) in [5, 5.41) is 7.01.